The highest BCUT2D eigenvalue weighted by Gasteiger charge is 2.15. The average Bonchev–Trinajstić information content (AvgIpc) is 2.65. The molecule has 3 aromatic rings. The molecule has 0 saturated heterocycles. The molecule has 7 heteroatoms. The van der Waals surface area contributed by atoms with Gasteiger partial charge in [0.25, 0.3) is 5.91 Å². The van der Waals surface area contributed by atoms with Gasteiger partial charge in [0.15, 0.2) is 0 Å². The van der Waals surface area contributed by atoms with Crippen molar-refractivity contribution in [2.24, 2.45) is 0 Å². The third-order valence-electron chi connectivity index (χ3n) is 3.55. The van der Waals surface area contributed by atoms with Crippen molar-refractivity contribution in [1.82, 2.24) is 9.97 Å². The molecule has 1 N–H and O–H groups in total. The molecule has 0 aliphatic rings. The van der Waals surface area contributed by atoms with Gasteiger partial charge in [0.05, 0.1) is 21.3 Å². The van der Waals surface area contributed by atoms with Crippen LogP contribution < -0.4 is 10.2 Å². The van der Waals surface area contributed by atoms with Gasteiger partial charge in [-0.15, -0.1) is 0 Å². The molecule has 5 nitrogen and oxygen atoms in total. The van der Waals surface area contributed by atoms with Gasteiger partial charge in [0.2, 0.25) is 5.95 Å². The molecule has 0 aliphatic carbocycles. The summed E-state index contributed by atoms with van der Waals surface area (Å²) in [5.74, 6) is 0.0995. The van der Waals surface area contributed by atoms with Crippen LogP contribution in [0.3, 0.4) is 0 Å². The van der Waals surface area contributed by atoms with Gasteiger partial charge in [-0.25, -0.2) is 9.97 Å². The molecule has 25 heavy (non-hydrogen) atoms. The molecule has 126 valence electrons. The number of amides is 1. The minimum Gasteiger partial charge on any atom is -0.322 e. The molecule has 2 aromatic carbocycles. The van der Waals surface area contributed by atoms with E-state index in [0.29, 0.717) is 27.2 Å². The minimum atomic E-state index is -0.200. The molecule has 0 spiro atoms. The normalized spacial score (nSPS) is 10.4. The van der Waals surface area contributed by atoms with Gasteiger partial charge in [-0.1, -0.05) is 47.5 Å². The Kier molecular flexibility index (Phi) is 5.16. The molecular weight excluding hydrogens is 359 g/mol. The van der Waals surface area contributed by atoms with Crippen molar-refractivity contribution in [2.45, 2.75) is 0 Å². The number of hydrogen-bond donors (Lipinski definition) is 1. The smallest absolute Gasteiger partial charge is 0.261 e. The Morgan fingerprint density at radius 2 is 1.56 bits per heavy atom. The zero-order valence-electron chi connectivity index (χ0n) is 13.3. The molecule has 0 atom stereocenters. The van der Waals surface area contributed by atoms with Crippen LogP contribution in [0.4, 0.5) is 17.3 Å². The lowest BCUT2D eigenvalue weighted by Gasteiger charge is -2.17. The van der Waals surface area contributed by atoms with Crippen molar-refractivity contribution >= 4 is 46.4 Å². The van der Waals surface area contributed by atoms with Crippen molar-refractivity contribution in [3.05, 3.63) is 76.5 Å². The molecule has 3 rings (SSSR count). The zero-order chi connectivity index (χ0) is 17.8. The highest BCUT2D eigenvalue weighted by atomic mass is 35.5. The number of benzene rings is 2. The number of anilines is 3. The van der Waals surface area contributed by atoms with Gasteiger partial charge < -0.3 is 10.2 Å². The van der Waals surface area contributed by atoms with E-state index in [1.165, 1.54) is 17.3 Å². The maximum Gasteiger partial charge on any atom is 0.261 e. The summed E-state index contributed by atoms with van der Waals surface area (Å²) in [7, 11) is 1.70. The predicted octanol–water partition coefficient (Wildman–Crippen LogP) is 4.80. The molecule has 1 amide bonds. The van der Waals surface area contributed by atoms with Crippen LogP contribution >= 0.6 is 23.2 Å². The molecule has 0 unspecified atom stereocenters. The molecule has 0 saturated carbocycles. The van der Waals surface area contributed by atoms with E-state index in [9.17, 15) is 4.79 Å². The van der Waals surface area contributed by atoms with E-state index < -0.39 is 0 Å². The minimum absolute atomic E-state index is 0.200. The Morgan fingerprint density at radius 3 is 2.16 bits per heavy atom. The number of carbonyl (C=O) groups is 1. The largest absolute Gasteiger partial charge is 0.322 e. The molecule has 0 bridgehead atoms. The van der Waals surface area contributed by atoms with Gasteiger partial charge >= 0.3 is 0 Å². The Bertz CT molecular complexity index is 865. The van der Waals surface area contributed by atoms with Gasteiger partial charge in [-0.2, -0.15) is 0 Å². The van der Waals surface area contributed by atoms with E-state index in [2.05, 4.69) is 15.3 Å². The van der Waals surface area contributed by atoms with Crippen LogP contribution in [0.2, 0.25) is 10.0 Å². The van der Waals surface area contributed by atoms with Crippen LogP contribution in [-0.4, -0.2) is 22.9 Å². The van der Waals surface area contributed by atoms with E-state index in [1.807, 2.05) is 30.3 Å². The van der Waals surface area contributed by atoms with Crippen LogP contribution in [0.1, 0.15) is 10.4 Å². The van der Waals surface area contributed by atoms with Crippen LogP contribution in [0.5, 0.6) is 0 Å². The molecule has 0 aliphatic heterocycles. The SMILES string of the molecule is CN(C(=O)c1cnc(Nc2c(Cl)cccc2Cl)nc1)c1ccccc1. The number of halogens is 2. The fourth-order valence-corrected chi connectivity index (χ4v) is 2.69. The zero-order valence-corrected chi connectivity index (χ0v) is 14.8. The van der Waals surface area contributed by atoms with Crippen molar-refractivity contribution in [1.29, 1.82) is 0 Å². The summed E-state index contributed by atoms with van der Waals surface area (Å²) in [6.45, 7) is 0. The van der Waals surface area contributed by atoms with Gasteiger partial charge in [0.1, 0.15) is 0 Å². The summed E-state index contributed by atoms with van der Waals surface area (Å²) in [6.07, 6.45) is 2.92. The maximum atomic E-state index is 12.5. The summed E-state index contributed by atoms with van der Waals surface area (Å²) in [5.41, 5.74) is 1.69. The van der Waals surface area contributed by atoms with E-state index in [1.54, 1.807) is 25.2 Å². The lowest BCUT2D eigenvalue weighted by Crippen LogP contribution is -2.26. The second-order valence-corrected chi connectivity index (χ2v) is 6.03. The van der Waals surface area contributed by atoms with Gasteiger partial charge in [-0.3, -0.25) is 4.79 Å². The summed E-state index contributed by atoms with van der Waals surface area (Å²) < 4.78 is 0. The van der Waals surface area contributed by atoms with E-state index in [0.717, 1.165) is 5.69 Å². The van der Waals surface area contributed by atoms with Crippen LogP contribution in [-0.2, 0) is 0 Å². The lowest BCUT2D eigenvalue weighted by molar-refractivity contribution is 0.0992. The third kappa shape index (κ3) is 3.90. The number of aromatic nitrogens is 2. The topological polar surface area (TPSA) is 58.1 Å². The number of para-hydroxylation sites is 2. The highest BCUT2D eigenvalue weighted by Crippen LogP contribution is 2.31. The quantitative estimate of drug-likeness (QED) is 0.714. The molecule has 0 radical (unpaired) electrons. The van der Waals surface area contributed by atoms with Crippen LogP contribution in [0, 0.1) is 0 Å². The standard InChI is InChI=1S/C18H14Cl2N4O/c1-24(13-6-3-2-4-7-13)17(25)12-10-21-18(22-11-12)23-16-14(19)8-5-9-15(16)20/h2-11H,1H3,(H,21,22,23). The van der Waals surface area contributed by atoms with Crippen molar-refractivity contribution in [3.8, 4) is 0 Å². The average molecular weight is 373 g/mol. The number of carbonyl (C=O) groups excluding carboxylic acids is 1. The first-order valence-electron chi connectivity index (χ1n) is 7.42. The first-order chi connectivity index (χ1) is 12.1. The second-order valence-electron chi connectivity index (χ2n) is 5.22. The fourth-order valence-electron chi connectivity index (χ4n) is 2.19. The number of nitrogens with one attached hydrogen (secondary N) is 1. The first kappa shape index (κ1) is 17.2. The summed E-state index contributed by atoms with van der Waals surface area (Å²) >= 11 is 12.2. The highest BCUT2D eigenvalue weighted by molar-refractivity contribution is 6.39. The Hall–Kier alpha value is -2.63. The molecule has 1 heterocycles. The summed E-state index contributed by atoms with van der Waals surface area (Å²) in [5, 5.41) is 3.87. The number of rotatable bonds is 4. The first-order valence-corrected chi connectivity index (χ1v) is 8.18. The second kappa shape index (κ2) is 7.51. The van der Waals surface area contributed by atoms with E-state index in [4.69, 9.17) is 23.2 Å². The maximum absolute atomic E-state index is 12.5. The van der Waals surface area contributed by atoms with Crippen LogP contribution in [0.15, 0.2) is 60.9 Å². The van der Waals surface area contributed by atoms with Gasteiger partial charge in [0, 0.05) is 25.1 Å². The number of nitrogens with zero attached hydrogens (tertiary/aromatic N) is 3. The van der Waals surface area contributed by atoms with Crippen molar-refractivity contribution in [2.75, 3.05) is 17.3 Å². The predicted molar refractivity (Wildman–Crippen MR) is 101 cm³/mol. The number of hydrogen-bond acceptors (Lipinski definition) is 4. The monoisotopic (exact) mass is 372 g/mol. The lowest BCUT2D eigenvalue weighted by atomic mass is 10.2. The van der Waals surface area contributed by atoms with E-state index >= 15 is 0 Å². The summed E-state index contributed by atoms with van der Waals surface area (Å²) in [4.78, 5) is 22.4. The molecule has 0 fully saturated rings. The Morgan fingerprint density at radius 1 is 0.960 bits per heavy atom. The van der Waals surface area contributed by atoms with Crippen LogP contribution in [0.25, 0.3) is 0 Å². The van der Waals surface area contributed by atoms with E-state index in [-0.39, 0.29) is 5.91 Å². The summed E-state index contributed by atoms with van der Waals surface area (Å²) in [6, 6.07) is 14.5. The molecule has 1 aromatic heterocycles. The third-order valence-corrected chi connectivity index (χ3v) is 4.18. The van der Waals surface area contributed by atoms with Crippen molar-refractivity contribution in [3.63, 3.8) is 0 Å². The Labute approximate surface area is 155 Å². The Balaban J connectivity index is 1.77. The molecular formula is C18H14Cl2N4O. The van der Waals surface area contributed by atoms with Crippen molar-refractivity contribution < 1.29 is 4.79 Å². The van der Waals surface area contributed by atoms with Gasteiger partial charge in [-0.05, 0) is 24.3 Å². The fraction of sp³-hybridized carbons (Fsp3) is 0.0556.